The lowest BCUT2D eigenvalue weighted by molar-refractivity contribution is 0.132. The van der Waals surface area contributed by atoms with Crippen molar-refractivity contribution in [2.24, 2.45) is 0 Å². The molecule has 3 rings (SSSR count). The van der Waals surface area contributed by atoms with Gasteiger partial charge in [-0.15, -0.1) is 12.4 Å². The molecule has 26 heavy (non-hydrogen) atoms. The minimum atomic E-state index is -0.678. The minimum absolute atomic E-state index is 0. The fraction of sp³-hybridized carbons (Fsp3) is 0.333. The number of rotatable bonds is 6. The highest BCUT2D eigenvalue weighted by molar-refractivity contribution is 5.85. The molecule has 0 bridgehead atoms. The smallest absolute Gasteiger partial charge is 0.123 e. The van der Waals surface area contributed by atoms with E-state index in [1.807, 2.05) is 18.2 Å². The SMILES string of the molecule is CNC[C@@H](O)[C@H](c1cccc(F)c1)n1cc(C(C)C)c2ccccc21.Cl. The van der Waals surface area contributed by atoms with Crippen LogP contribution in [-0.4, -0.2) is 29.4 Å². The lowest BCUT2D eigenvalue weighted by Gasteiger charge is -2.26. The van der Waals surface area contributed by atoms with Gasteiger partial charge in [-0.2, -0.15) is 0 Å². The average Bonchev–Trinajstić information content (AvgIpc) is 2.95. The van der Waals surface area contributed by atoms with Crippen molar-refractivity contribution in [1.82, 2.24) is 9.88 Å². The summed E-state index contributed by atoms with van der Waals surface area (Å²) in [7, 11) is 1.80. The molecule has 3 nitrogen and oxygen atoms in total. The Bertz CT molecular complexity index is 862. The molecule has 0 fully saturated rings. The molecule has 1 aromatic heterocycles. The highest BCUT2D eigenvalue weighted by Crippen LogP contribution is 2.33. The number of hydrogen-bond acceptors (Lipinski definition) is 2. The van der Waals surface area contributed by atoms with Gasteiger partial charge >= 0.3 is 0 Å². The van der Waals surface area contributed by atoms with Crippen molar-refractivity contribution in [2.45, 2.75) is 31.9 Å². The van der Waals surface area contributed by atoms with Crippen LogP contribution in [0.4, 0.5) is 4.39 Å². The van der Waals surface area contributed by atoms with E-state index >= 15 is 0 Å². The van der Waals surface area contributed by atoms with E-state index in [9.17, 15) is 9.50 Å². The second-order valence-electron chi connectivity index (χ2n) is 6.79. The van der Waals surface area contributed by atoms with Crippen molar-refractivity contribution in [3.8, 4) is 0 Å². The van der Waals surface area contributed by atoms with Crippen LogP contribution in [-0.2, 0) is 0 Å². The molecule has 5 heteroatoms. The molecule has 0 aliphatic carbocycles. The van der Waals surface area contributed by atoms with Crippen LogP contribution >= 0.6 is 12.4 Å². The molecule has 0 unspecified atom stereocenters. The number of fused-ring (bicyclic) bond motifs is 1. The Morgan fingerprint density at radius 1 is 1.12 bits per heavy atom. The van der Waals surface area contributed by atoms with Gasteiger partial charge in [0.05, 0.1) is 12.1 Å². The van der Waals surface area contributed by atoms with Crippen molar-refractivity contribution in [3.05, 3.63) is 71.7 Å². The fourth-order valence-electron chi connectivity index (χ4n) is 3.50. The van der Waals surface area contributed by atoms with Crippen molar-refractivity contribution < 1.29 is 9.50 Å². The number of halogens is 2. The van der Waals surface area contributed by atoms with Crippen molar-refractivity contribution >= 4 is 23.3 Å². The Balaban J connectivity index is 0.00000243. The maximum atomic E-state index is 13.8. The molecule has 0 aliphatic rings. The van der Waals surface area contributed by atoms with Crippen molar-refractivity contribution in [2.75, 3.05) is 13.6 Å². The van der Waals surface area contributed by atoms with E-state index in [0.29, 0.717) is 12.5 Å². The van der Waals surface area contributed by atoms with Crippen LogP contribution in [0.25, 0.3) is 10.9 Å². The molecular weight excluding hydrogens is 351 g/mol. The predicted octanol–water partition coefficient (Wildman–Crippen LogP) is 4.50. The van der Waals surface area contributed by atoms with Gasteiger partial charge in [-0.3, -0.25) is 0 Å². The van der Waals surface area contributed by atoms with Gasteiger partial charge in [-0.05, 0) is 42.3 Å². The molecule has 3 aromatic rings. The Labute approximate surface area is 160 Å². The Kier molecular flexibility index (Phi) is 6.81. The third kappa shape index (κ3) is 3.93. The summed E-state index contributed by atoms with van der Waals surface area (Å²) in [6.45, 7) is 4.74. The zero-order chi connectivity index (χ0) is 18.0. The number of aliphatic hydroxyl groups excluding tert-OH is 1. The van der Waals surface area contributed by atoms with Gasteiger partial charge in [0.15, 0.2) is 0 Å². The maximum Gasteiger partial charge on any atom is 0.123 e. The highest BCUT2D eigenvalue weighted by Gasteiger charge is 2.25. The summed E-state index contributed by atoms with van der Waals surface area (Å²) in [6, 6.07) is 14.3. The van der Waals surface area contributed by atoms with Crippen LogP contribution in [0, 0.1) is 5.82 Å². The van der Waals surface area contributed by atoms with Gasteiger partial charge in [-0.1, -0.05) is 44.2 Å². The summed E-state index contributed by atoms with van der Waals surface area (Å²) >= 11 is 0. The molecule has 140 valence electrons. The summed E-state index contributed by atoms with van der Waals surface area (Å²) in [4.78, 5) is 0. The fourth-order valence-corrected chi connectivity index (χ4v) is 3.50. The molecule has 0 spiro atoms. The molecule has 2 atom stereocenters. The Hall–Kier alpha value is -1.88. The number of aromatic nitrogens is 1. The topological polar surface area (TPSA) is 37.2 Å². The number of nitrogens with zero attached hydrogens (tertiary/aromatic N) is 1. The van der Waals surface area contributed by atoms with Crippen molar-refractivity contribution in [1.29, 1.82) is 0 Å². The summed E-state index contributed by atoms with van der Waals surface area (Å²) in [5.41, 5.74) is 3.04. The largest absolute Gasteiger partial charge is 0.389 e. The molecule has 0 saturated carbocycles. The molecule has 0 aliphatic heterocycles. The second kappa shape index (κ2) is 8.67. The summed E-state index contributed by atoms with van der Waals surface area (Å²) in [5.74, 6) is 0.0699. The molecule has 2 N–H and O–H groups in total. The van der Waals surface area contributed by atoms with Crippen LogP contribution in [0.15, 0.2) is 54.7 Å². The maximum absolute atomic E-state index is 13.8. The quantitative estimate of drug-likeness (QED) is 0.664. The Morgan fingerprint density at radius 2 is 1.85 bits per heavy atom. The monoisotopic (exact) mass is 376 g/mol. The van der Waals surface area contributed by atoms with Gasteiger partial charge in [0, 0.05) is 23.6 Å². The third-order valence-electron chi connectivity index (χ3n) is 4.66. The molecule has 2 aromatic carbocycles. The van der Waals surface area contributed by atoms with Gasteiger partial charge in [0.1, 0.15) is 5.82 Å². The van der Waals surface area contributed by atoms with Gasteiger partial charge < -0.3 is 15.0 Å². The molecular formula is C21H26ClFN2O. The molecule has 0 radical (unpaired) electrons. The number of benzene rings is 2. The van der Waals surface area contributed by atoms with E-state index in [1.54, 1.807) is 13.1 Å². The zero-order valence-electron chi connectivity index (χ0n) is 15.3. The number of para-hydroxylation sites is 1. The number of nitrogens with one attached hydrogen (secondary N) is 1. The first-order valence-electron chi connectivity index (χ1n) is 8.70. The van der Waals surface area contributed by atoms with E-state index in [-0.39, 0.29) is 24.3 Å². The summed E-state index contributed by atoms with van der Waals surface area (Å²) in [5, 5.41) is 15.0. The predicted molar refractivity (Wildman–Crippen MR) is 108 cm³/mol. The van der Waals surface area contributed by atoms with Crippen LogP contribution in [0.2, 0.25) is 0 Å². The lowest BCUT2D eigenvalue weighted by Crippen LogP contribution is -2.33. The van der Waals surface area contributed by atoms with Gasteiger partial charge in [0.2, 0.25) is 0 Å². The number of hydrogen-bond donors (Lipinski definition) is 2. The molecule has 0 saturated heterocycles. The minimum Gasteiger partial charge on any atom is -0.389 e. The van der Waals surface area contributed by atoms with E-state index in [4.69, 9.17) is 0 Å². The average molecular weight is 377 g/mol. The van der Waals surface area contributed by atoms with E-state index in [1.165, 1.54) is 23.1 Å². The van der Waals surface area contributed by atoms with E-state index in [0.717, 1.165) is 11.1 Å². The first-order valence-corrected chi connectivity index (χ1v) is 8.70. The summed E-state index contributed by atoms with van der Waals surface area (Å²) < 4.78 is 15.9. The number of aliphatic hydroxyl groups is 1. The highest BCUT2D eigenvalue weighted by atomic mass is 35.5. The van der Waals surface area contributed by atoms with Gasteiger partial charge in [0.25, 0.3) is 0 Å². The summed E-state index contributed by atoms with van der Waals surface area (Å²) in [6.07, 6.45) is 1.42. The zero-order valence-corrected chi connectivity index (χ0v) is 16.1. The molecule has 0 amide bonds. The lowest BCUT2D eigenvalue weighted by atomic mass is 10.0. The van der Waals surface area contributed by atoms with Crippen LogP contribution in [0.3, 0.4) is 0 Å². The first-order chi connectivity index (χ1) is 12.0. The normalized spacial score (nSPS) is 13.6. The first kappa shape index (κ1) is 20.4. The van der Waals surface area contributed by atoms with Crippen LogP contribution in [0.5, 0.6) is 0 Å². The van der Waals surface area contributed by atoms with Crippen LogP contribution in [0.1, 0.15) is 36.9 Å². The number of likely N-dealkylation sites (N-methyl/N-ethyl adjacent to an activating group) is 1. The third-order valence-corrected chi connectivity index (χ3v) is 4.66. The van der Waals surface area contributed by atoms with Crippen molar-refractivity contribution in [3.63, 3.8) is 0 Å². The standard InChI is InChI=1S/C21H25FN2O.ClH/c1-14(2)18-13-24(19-10-5-4-9-17(18)19)21(20(25)12-23-3)15-7-6-8-16(22)11-15;/h4-11,13-14,20-21,23,25H,12H2,1-3H3;1H/t20-,21+;/m1./s1. The Morgan fingerprint density at radius 3 is 2.50 bits per heavy atom. The van der Waals surface area contributed by atoms with Gasteiger partial charge in [-0.25, -0.2) is 4.39 Å². The van der Waals surface area contributed by atoms with Crippen LogP contribution < -0.4 is 5.32 Å². The molecule has 1 heterocycles. The van der Waals surface area contributed by atoms with E-state index in [2.05, 4.69) is 42.1 Å². The second-order valence-corrected chi connectivity index (χ2v) is 6.79. The van der Waals surface area contributed by atoms with E-state index < -0.39 is 6.10 Å².